The Morgan fingerprint density at radius 3 is 2.53 bits per heavy atom. The van der Waals surface area contributed by atoms with Crippen LogP contribution < -0.4 is 15.5 Å². The number of hydrogen-bond donors (Lipinski definition) is 1. The molecule has 0 unspecified atom stereocenters. The van der Waals surface area contributed by atoms with Crippen LogP contribution >= 0.6 is 0 Å². The standard InChI is InChI=1S/C13H20N4/c1-10(2)15-13(14)17-9-8-16(3)11-6-4-5-7-12(11)17/h4-7,10H,8-9H2,1-3H3,(H2,14,15). The summed E-state index contributed by atoms with van der Waals surface area (Å²) in [5, 5.41) is 0. The number of rotatable bonds is 1. The number of benzene rings is 1. The summed E-state index contributed by atoms with van der Waals surface area (Å²) in [6.07, 6.45) is 0. The van der Waals surface area contributed by atoms with Crippen LogP contribution in [0.25, 0.3) is 0 Å². The number of para-hydroxylation sites is 2. The fourth-order valence-corrected chi connectivity index (χ4v) is 2.08. The zero-order chi connectivity index (χ0) is 12.4. The Labute approximate surface area is 103 Å². The molecule has 0 saturated carbocycles. The molecule has 1 heterocycles. The summed E-state index contributed by atoms with van der Waals surface area (Å²) in [6, 6.07) is 8.52. The highest BCUT2D eigenvalue weighted by Crippen LogP contribution is 2.31. The Balaban J connectivity index is 2.36. The number of nitrogens with two attached hydrogens (primary N) is 1. The number of nitrogens with zero attached hydrogens (tertiary/aromatic N) is 3. The third kappa shape index (κ3) is 2.35. The molecule has 0 atom stereocenters. The van der Waals surface area contributed by atoms with Crippen LogP contribution in [0.4, 0.5) is 11.4 Å². The van der Waals surface area contributed by atoms with Gasteiger partial charge in [0.1, 0.15) is 0 Å². The van der Waals surface area contributed by atoms with Crippen molar-refractivity contribution in [1.29, 1.82) is 0 Å². The molecule has 4 heteroatoms. The maximum Gasteiger partial charge on any atom is 0.196 e. The summed E-state index contributed by atoms with van der Waals surface area (Å²) < 4.78 is 0. The molecule has 0 saturated heterocycles. The summed E-state index contributed by atoms with van der Waals surface area (Å²) >= 11 is 0. The lowest BCUT2D eigenvalue weighted by Crippen LogP contribution is -2.46. The summed E-state index contributed by atoms with van der Waals surface area (Å²) in [5.74, 6) is 0.612. The normalized spacial score (nSPS) is 16.4. The van der Waals surface area contributed by atoms with Crippen molar-refractivity contribution >= 4 is 17.3 Å². The van der Waals surface area contributed by atoms with Gasteiger partial charge in [0.25, 0.3) is 0 Å². The maximum absolute atomic E-state index is 6.07. The zero-order valence-electron chi connectivity index (χ0n) is 10.7. The van der Waals surface area contributed by atoms with Crippen LogP contribution in [0.5, 0.6) is 0 Å². The molecule has 0 amide bonds. The molecule has 0 fully saturated rings. The van der Waals surface area contributed by atoms with Crippen LogP contribution in [0.3, 0.4) is 0 Å². The molecule has 92 valence electrons. The second kappa shape index (κ2) is 4.65. The molecule has 0 bridgehead atoms. The minimum atomic E-state index is 0.224. The first-order valence-corrected chi connectivity index (χ1v) is 6.00. The van der Waals surface area contributed by atoms with E-state index in [0.29, 0.717) is 5.96 Å². The third-order valence-electron chi connectivity index (χ3n) is 2.91. The van der Waals surface area contributed by atoms with Gasteiger partial charge in [0, 0.05) is 26.2 Å². The molecule has 1 aromatic rings. The highest BCUT2D eigenvalue weighted by molar-refractivity contribution is 5.99. The van der Waals surface area contributed by atoms with Gasteiger partial charge in [-0.25, -0.2) is 0 Å². The van der Waals surface area contributed by atoms with Crippen molar-refractivity contribution in [2.75, 3.05) is 29.9 Å². The molecule has 1 aliphatic heterocycles. The van der Waals surface area contributed by atoms with Gasteiger partial charge in [0.05, 0.1) is 11.4 Å². The summed E-state index contributed by atoms with van der Waals surface area (Å²) in [4.78, 5) is 8.76. The van der Waals surface area contributed by atoms with E-state index in [-0.39, 0.29) is 6.04 Å². The highest BCUT2D eigenvalue weighted by Gasteiger charge is 2.21. The Bertz CT molecular complexity index is 425. The van der Waals surface area contributed by atoms with Crippen molar-refractivity contribution in [3.8, 4) is 0 Å². The van der Waals surface area contributed by atoms with Crippen LogP contribution in [0.1, 0.15) is 13.8 Å². The monoisotopic (exact) mass is 232 g/mol. The average molecular weight is 232 g/mol. The minimum absolute atomic E-state index is 0.224. The van der Waals surface area contributed by atoms with E-state index in [2.05, 4.69) is 40.0 Å². The molecular formula is C13H20N4. The number of aliphatic imine (C=N–C) groups is 1. The topological polar surface area (TPSA) is 44.9 Å². The first-order valence-electron chi connectivity index (χ1n) is 6.00. The predicted molar refractivity (Wildman–Crippen MR) is 73.8 cm³/mol. The lowest BCUT2D eigenvalue weighted by molar-refractivity contribution is 0.798. The van der Waals surface area contributed by atoms with Crippen molar-refractivity contribution in [3.63, 3.8) is 0 Å². The molecule has 0 aromatic heterocycles. The Kier molecular flexibility index (Phi) is 3.22. The summed E-state index contributed by atoms with van der Waals surface area (Å²) in [7, 11) is 2.10. The van der Waals surface area contributed by atoms with E-state index < -0.39 is 0 Å². The average Bonchev–Trinajstić information content (AvgIpc) is 2.29. The van der Waals surface area contributed by atoms with Crippen LogP contribution in [-0.2, 0) is 0 Å². The first kappa shape index (κ1) is 11.8. The van der Waals surface area contributed by atoms with Gasteiger partial charge in [-0.1, -0.05) is 12.1 Å². The Morgan fingerprint density at radius 1 is 1.24 bits per heavy atom. The van der Waals surface area contributed by atoms with Gasteiger partial charge < -0.3 is 15.5 Å². The second-order valence-corrected chi connectivity index (χ2v) is 4.64. The maximum atomic E-state index is 6.07. The Morgan fingerprint density at radius 2 is 1.88 bits per heavy atom. The molecule has 2 N–H and O–H groups in total. The largest absolute Gasteiger partial charge is 0.371 e. The third-order valence-corrected chi connectivity index (χ3v) is 2.91. The number of hydrogen-bond acceptors (Lipinski definition) is 2. The number of anilines is 2. The van der Waals surface area contributed by atoms with E-state index in [0.717, 1.165) is 18.8 Å². The Hall–Kier alpha value is -1.71. The molecule has 1 aromatic carbocycles. The predicted octanol–water partition coefficient (Wildman–Crippen LogP) is 1.67. The van der Waals surface area contributed by atoms with Gasteiger partial charge in [-0.2, -0.15) is 0 Å². The van der Waals surface area contributed by atoms with Crippen molar-refractivity contribution in [2.45, 2.75) is 19.9 Å². The van der Waals surface area contributed by atoms with Crippen LogP contribution in [0.15, 0.2) is 29.3 Å². The van der Waals surface area contributed by atoms with E-state index in [9.17, 15) is 0 Å². The van der Waals surface area contributed by atoms with E-state index >= 15 is 0 Å². The van der Waals surface area contributed by atoms with E-state index in [4.69, 9.17) is 5.73 Å². The van der Waals surface area contributed by atoms with Crippen molar-refractivity contribution in [3.05, 3.63) is 24.3 Å². The van der Waals surface area contributed by atoms with Crippen molar-refractivity contribution < 1.29 is 0 Å². The van der Waals surface area contributed by atoms with E-state index in [1.807, 2.05) is 19.9 Å². The summed E-state index contributed by atoms with van der Waals surface area (Å²) in [6.45, 7) is 5.92. The molecule has 0 aliphatic carbocycles. The zero-order valence-corrected chi connectivity index (χ0v) is 10.7. The molecule has 1 aliphatic rings. The van der Waals surface area contributed by atoms with Crippen LogP contribution in [0, 0.1) is 0 Å². The van der Waals surface area contributed by atoms with E-state index in [1.165, 1.54) is 5.69 Å². The number of fused-ring (bicyclic) bond motifs is 1. The van der Waals surface area contributed by atoms with Crippen molar-refractivity contribution in [1.82, 2.24) is 0 Å². The molecule has 4 nitrogen and oxygen atoms in total. The SMILES string of the molecule is CC(C)N=C(N)N1CCN(C)c2ccccc21. The molecule has 2 rings (SSSR count). The molecular weight excluding hydrogens is 212 g/mol. The van der Waals surface area contributed by atoms with E-state index in [1.54, 1.807) is 0 Å². The summed E-state index contributed by atoms with van der Waals surface area (Å²) in [5.41, 5.74) is 8.42. The fourth-order valence-electron chi connectivity index (χ4n) is 2.08. The lowest BCUT2D eigenvalue weighted by Gasteiger charge is -2.36. The highest BCUT2D eigenvalue weighted by atomic mass is 15.3. The lowest BCUT2D eigenvalue weighted by atomic mass is 10.2. The van der Waals surface area contributed by atoms with Gasteiger partial charge in [-0.3, -0.25) is 4.99 Å². The van der Waals surface area contributed by atoms with Gasteiger partial charge in [-0.05, 0) is 26.0 Å². The fraction of sp³-hybridized carbons (Fsp3) is 0.462. The van der Waals surface area contributed by atoms with Crippen LogP contribution in [0.2, 0.25) is 0 Å². The van der Waals surface area contributed by atoms with Crippen molar-refractivity contribution in [2.24, 2.45) is 10.7 Å². The van der Waals surface area contributed by atoms with Gasteiger partial charge >= 0.3 is 0 Å². The molecule has 17 heavy (non-hydrogen) atoms. The second-order valence-electron chi connectivity index (χ2n) is 4.64. The van der Waals surface area contributed by atoms with Gasteiger partial charge in [0.15, 0.2) is 5.96 Å². The smallest absolute Gasteiger partial charge is 0.196 e. The van der Waals surface area contributed by atoms with Gasteiger partial charge in [-0.15, -0.1) is 0 Å². The molecule has 0 spiro atoms. The van der Waals surface area contributed by atoms with Crippen LogP contribution in [-0.4, -0.2) is 32.1 Å². The minimum Gasteiger partial charge on any atom is -0.371 e. The number of likely N-dealkylation sites (N-methyl/N-ethyl adjacent to an activating group) is 1. The molecule has 0 radical (unpaired) electrons. The quantitative estimate of drug-likeness (QED) is 0.591. The first-order chi connectivity index (χ1) is 8.09. The van der Waals surface area contributed by atoms with Gasteiger partial charge in [0.2, 0.25) is 0 Å². The number of guanidine groups is 1.